The average molecular weight is 409 g/mol. The summed E-state index contributed by atoms with van der Waals surface area (Å²) in [6.07, 6.45) is 3.30. The van der Waals surface area contributed by atoms with Crippen molar-refractivity contribution in [3.8, 4) is 17.2 Å². The molecule has 4 rings (SSSR count). The average Bonchev–Trinajstić information content (AvgIpc) is 3.22. The molecule has 1 aliphatic heterocycles. The second-order valence-electron chi connectivity index (χ2n) is 7.57. The summed E-state index contributed by atoms with van der Waals surface area (Å²) in [7, 11) is 1.58. The first kappa shape index (κ1) is 20.1. The van der Waals surface area contributed by atoms with Gasteiger partial charge in [0.25, 0.3) is 5.91 Å². The normalized spacial score (nSPS) is 16.5. The number of carbonyl (C=O) groups excluding carboxylic acids is 1. The van der Waals surface area contributed by atoms with E-state index in [1.54, 1.807) is 19.2 Å². The number of aromatic nitrogens is 2. The molecule has 2 heterocycles. The second kappa shape index (κ2) is 8.65. The number of likely N-dealkylation sites (tertiary alicyclic amines) is 1. The topological polar surface area (TPSA) is 68.5 Å². The van der Waals surface area contributed by atoms with E-state index in [0.29, 0.717) is 35.7 Å². The van der Waals surface area contributed by atoms with Crippen LogP contribution in [0.4, 0.5) is 4.39 Å². The van der Waals surface area contributed by atoms with Crippen LogP contribution in [0.25, 0.3) is 11.5 Å². The third-order valence-corrected chi connectivity index (χ3v) is 5.42. The monoisotopic (exact) mass is 409 g/mol. The van der Waals surface area contributed by atoms with Crippen molar-refractivity contribution in [1.82, 2.24) is 15.1 Å². The highest BCUT2D eigenvalue weighted by Gasteiger charge is 2.30. The summed E-state index contributed by atoms with van der Waals surface area (Å²) >= 11 is 0. The second-order valence-corrected chi connectivity index (χ2v) is 7.57. The van der Waals surface area contributed by atoms with Crippen LogP contribution in [-0.2, 0) is 6.42 Å². The number of aryl methyl sites for hydroxylation is 1. The fourth-order valence-corrected chi connectivity index (χ4v) is 3.89. The van der Waals surface area contributed by atoms with Crippen LogP contribution >= 0.6 is 0 Å². The van der Waals surface area contributed by atoms with Crippen LogP contribution < -0.4 is 4.74 Å². The Hall–Kier alpha value is -3.22. The van der Waals surface area contributed by atoms with Gasteiger partial charge in [-0.3, -0.25) is 4.79 Å². The van der Waals surface area contributed by atoms with Crippen LogP contribution in [-0.4, -0.2) is 40.7 Å². The number of methoxy groups -OCH3 is 1. The lowest BCUT2D eigenvalue weighted by atomic mass is 9.97. The van der Waals surface area contributed by atoms with E-state index in [1.165, 1.54) is 12.1 Å². The molecule has 1 aliphatic rings. The van der Waals surface area contributed by atoms with Gasteiger partial charge in [-0.15, -0.1) is 10.2 Å². The standard InChI is InChI=1S/C23H24FN3O3/c1-15-9-10-19(20(12-15)29-2)23(28)27-11-4-3-8-18(27)14-21-25-26-22(30-21)16-6-5-7-17(24)13-16/h5-7,9-10,12-13,18H,3-4,8,11,14H2,1-2H3. The van der Waals surface area contributed by atoms with Crippen molar-refractivity contribution < 1.29 is 18.3 Å². The molecule has 1 atom stereocenters. The maximum absolute atomic E-state index is 13.5. The molecule has 6 nitrogen and oxygen atoms in total. The van der Waals surface area contributed by atoms with E-state index in [0.717, 1.165) is 24.8 Å². The summed E-state index contributed by atoms with van der Waals surface area (Å²) in [5.41, 5.74) is 2.13. The highest BCUT2D eigenvalue weighted by atomic mass is 19.1. The van der Waals surface area contributed by atoms with E-state index >= 15 is 0 Å². The molecular formula is C23H24FN3O3. The predicted molar refractivity (Wildman–Crippen MR) is 110 cm³/mol. The summed E-state index contributed by atoms with van der Waals surface area (Å²) in [6, 6.07) is 11.6. The molecule has 0 aliphatic carbocycles. The molecule has 1 saturated heterocycles. The Morgan fingerprint density at radius 1 is 1.23 bits per heavy atom. The number of piperidine rings is 1. The van der Waals surface area contributed by atoms with E-state index in [4.69, 9.17) is 9.15 Å². The largest absolute Gasteiger partial charge is 0.496 e. The number of benzene rings is 2. The molecule has 30 heavy (non-hydrogen) atoms. The number of halogens is 1. The van der Waals surface area contributed by atoms with E-state index in [-0.39, 0.29) is 23.7 Å². The zero-order chi connectivity index (χ0) is 21.1. The number of ether oxygens (including phenoxy) is 1. The number of hydrogen-bond acceptors (Lipinski definition) is 5. The van der Waals surface area contributed by atoms with Crippen molar-refractivity contribution in [3.63, 3.8) is 0 Å². The van der Waals surface area contributed by atoms with Crippen molar-refractivity contribution in [1.29, 1.82) is 0 Å². The van der Waals surface area contributed by atoms with Crippen LogP contribution in [0, 0.1) is 12.7 Å². The van der Waals surface area contributed by atoms with Crippen molar-refractivity contribution in [2.75, 3.05) is 13.7 Å². The third kappa shape index (κ3) is 4.20. The first-order valence-electron chi connectivity index (χ1n) is 10.1. The van der Waals surface area contributed by atoms with Crippen LogP contribution in [0.15, 0.2) is 46.9 Å². The predicted octanol–water partition coefficient (Wildman–Crippen LogP) is 4.43. The summed E-state index contributed by atoms with van der Waals surface area (Å²) in [4.78, 5) is 15.2. The SMILES string of the molecule is COc1cc(C)ccc1C(=O)N1CCCCC1Cc1nnc(-c2cccc(F)c2)o1. The van der Waals surface area contributed by atoms with Gasteiger partial charge in [-0.2, -0.15) is 0 Å². The molecule has 0 bridgehead atoms. The molecule has 0 N–H and O–H groups in total. The van der Waals surface area contributed by atoms with E-state index in [2.05, 4.69) is 10.2 Å². The fraction of sp³-hybridized carbons (Fsp3) is 0.348. The Morgan fingerprint density at radius 3 is 2.90 bits per heavy atom. The zero-order valence-corrected chi connectivity index (χ0v) is 17.1. The van der Waals surface area contributed by atoms with Gasteiger partial charge in [0, 0.05) is 24.6 Å². The van der Waals surface area contributed by atoms with Gasteiger partial charge >= 0.3 is 0 Å². The van der Waals surface area contributed by atoms with Crippen molar-refractivity contribution in [2.45, 2.75) is 38.6 Å². The van der Waals surface area contributed by atoms with E-state index in [9.17, 15) is 9.18 Å². The summed E-state index contributed by atoms with van der Waals surface area (Å²) in [5, 5.41) is 8.18. The lowest BCUT2D eigenvalue weighted by molar-refractivity contribution is 0.0602. The first-order valence-corrected chi connectivity index (χ1v) is 10.1. The van der Waals surface area contributed by atoms with Gasteiger partial charge in [-0.1, -0.05) is 12.1 Å². The highest BCUT2D eigenvalue weighted by molar-refractivity contribution is 5.97. The molecule has 0 saturated carbocycles. The molecular weight excluding hydrogens is 385 g/mol. The Morgan fingerprint density at radius 2 is 2.10 bits per heavy atom. The van der Waals surface area contributed by atoms with Crippen molar-refractivity contribution in [2.24, 2.45) is 0 Å². The van der Waals surface area contributed by atoms with Crippen molar-refractivity contribution >= 4 is 5.91 Å². The molecule has 0 spiro atoms. The minimum absolute atomic E-state index is 0.0435. The van der Waals surface area contributed by atoms with Gasteiger partial charge < -0.3 is 14.1 Å². The summed E-state index contributed by atoms with van der Waals surface area (Å²) < 4.78 is 24.7. The molecule has 1 aromatic heterocycles. The molecule has 1 amide bonds. The Labute approximate surface area is 174 Å². The number of nitrogens with zero attached hydrogens (tertiary/aromatic N) is 3. The van der Waals surface area contributed by atoms with Crippen molar-refractivity contribution in [3.05, 3.63) is 65.3 Å². The van der Waals surface area contributed by atoms with Gasteiger partial charge in [-0.25, -0.2) is 4.39 Å². The van der Waals surface area contributed by atoms with Gasteiger partial charge in [0.15, 0.2) is 0 Å². The number of carbonyl (C=O) groups is 1. The van der Waals surface area contributed by atoms with Gasteiger partial charge in [0.2, 0.25) is 11.8 Å². The van der Waals surface area contributed by atoms with Crippen LogP contribution in [0.5, 0.6) is 5.75 Å². The first-order chi connectivity index (χ1) is 14.5. The zero-order valence-electron chi connectivity index (χ0n) is 17.1. The maximum atomic E-state index is 13.5. The van der Waals surface area contributed by atoms with Gasteiger partial charge in [0.1, 0.15) is 11.6 Å². The Kier molecular flexibility index (Phi) is 5.79. The highest BCUT2D eigenvalue weighted by Crippen LogP contribution is 2.28. The smallest absolute Gasteiger partial charge is 0.257 e. The summed E-state index contributed by atoms with van der Waals surface area (Å²) in [5.74, 6) is 0.883. The number of hydrogen-bond donors (Lipinski definition) is 0. The molecule has 1 fully saturated rings. The minimum Gasteiger partial charge on any atom is -0.496 e. The summed E-state index contributed by atoms with van der Waals surface area (Å²) in [6.45, 7) is 2.64. The lowest BCUT2D eigenvalue weighted by Crippen LogP contribution is -2.45. The fourth-order valence-electron chi connectivity index (χ4n) is 3.89. The van der Waals surface area contributed by atoms with Gasteiger partial charge in [0.05, 0.1) is 12.7 Å². The van der Waals surface area contributed by atoms with Crippen LogP contribution in [0.2, 0.25) is 0 Å². The Balaban J connectivity index is 1.54. The quantitative estimate of drug-likeness (QED) is 0.624. The molecule has 156 valence electrons. The van der Waals surface area contributed by atoms with E-state index < -0.39 is 0 Å². The molecule has 3 aromatic rings. The van der Waals surface area contributed by atoms with Crippen LogP contribution in [0.3, 0.4) is 0 Å². The molecule has 7 heteroatoms. The van der Waals surface area contributed by atoms with Gasteiger partial charge in [-0.05, 0) is 62.1 Å². The molecule has 1 unspecified atom stereocenters. The maximum Gasteiger partial charge on any atom is 0.257 e. The number of rotatable bonds is 5. The van der Waals surface area contributed by atoms with Crippen LogP contribution in [0.1, 0.15) is 41.1 Å². The minimum atomic E-state index is -0.358. The molecule has 2 aromatic carbocycles. The molecule has 0 radical (unpaired) electrons. The number of amides is 1. The van der Waals surface area contributed by atoms with E-state index in [1.807, 2.05) is 30.0 Å². The third-order valence-electron chi connectivity index (χ3n) is 5.42. The lowest BCUT2D eigenvalue weighted by Gasteiger charge is -2.35. The Bertz CT molecular complexity index is 1050.